The zero-order valence-electron chi connectivity index (χ0n) is 12.7. The molecule has 1 aromatic carbocycles. The van der Waals surface area contributed by atoms with Crippen molar-refractivity contribution in [3.05, 3.63) is 28.8 Å². The van der Waals surface area contributed by atoms with E-state index < -0.39 is 22.1 Å². The third kappa shape index (κ3) is 4.02. The van der Waals surface area contributed by atoms with Gasteiger partial charge in [-0.25, -0.2) is 13.2 Å². The number of hydrogen-bond donors (Lipinski definition) is 0. The zero-order valence-corrected chi connectivity index (χ0v) is 14.2. The SMILES string of the molecule is C[C@H](C#N)OC(=O)c1ccc(Cl)c(S(=O)(=O)N2CCCCC2)c1. The van der Waals surface area contributed by atoms with Crippen LogP contribution in [0.4, 0.5) is 0 Å². The van der Waals surface area contributed by atoms with Crippen molar-refractivity contribution in [3.63, 3.8) is 0 Å². The second-order valence-electron chi connectivity index (χ2n) is 5.29. The summed E-state index contributed by atoms with van der Waals surface area (Å²) in [4.78, 5) is 11.8. The smallest absolute Gasteiger partial charge is 0.339 e. The predicted molar refractivity (Wildman–Crippen MR) is 84.6 cm³/mol. The first-order valence-corrected chi connectivity index (χ1v) is 9.08. The molecule has 1 saturated heterocycles. The lowest BCUT2D eigenvalue weighted by Crippen LogP contribution is -2.35. The van der Waals surface area contributed by atoms with Crippen LogP contribution in [0.25, 0.3) is 0 Å². The van der Waals surface area contributed by atoms with E-state index in [1.54, 1.807) is 6.07 Å². The Kier molecular flexibility index (Phi) is 5.63. The largest absolute Gasteiger partial charge is 0.444 e. The Morgan fingerprint density at radius 1 is 1.35 bits per heavy atom. The van der Waals surface area contributed by atoms with Crippen LogP contribution in [0.2, 0.25) is 5.02 Å². The van der Waals surface area contributed by atoms with Crippen molar-refractivity contribution in [2.45, 2.75) is 37.2 Å². The molecule has 0 amide bonds. The molecule has 0 saturated carbocycles. The monoisotopic (exact) mass is 356 g/mol. The highest BCUT2D eigenvalue weighted by atomic mass is 35.5. The molecule has 23 heavy (non-hydrogen) atoms. The number of esters is 1. The van der Waals surface area contributed by atoms with E-state index in [1.807, 2.05) is 0 Å². The van der Waals surface area contributed by atoms with Gasteiger partial charge in [0.05, 0.1) is 10.6 Å². The van der Waals surface area contributed by atoms with Crippen molar-refractivity contribution < 1.29 is 17.9 Å². The summed E-state index contributed by atoms with van der Waals surface area (Å²) in [5.41, 5.74) is 0.0482. The lowest BCUT2D eigenvalue weighted by Gasteiger charge is -2.26. The summed E-state index contributed by atoms with van der Waals surface area (Å²) in [5.74, 6) is -0.759. The van der Waals surface area contributed by atoms with Gasteiger partial charge in [-0.05, 0) is 38.0 Å². The predicted octanol–water partition coefficient (Wildman–Crippen LogP) is 2.58. The number of nitriles is 1. The van der Waals surface area contributed by atoms with Gasteiger partial charge in [-0.2, -0.15) is 9.57 Å². The topological polar surface area (TPSA) is 87.5 Å². The van der Waals surface area contributed by atoms with Gasteiger partial charge in [0.1, 0.15) is 11.0 Å². The summed E-state index contributed by atoms with van der Waals surface area (Å²) < 4.78 is 31.7. The maximum absolute atomic E-state index is 12.7. The summed E-state index contributed by atoms with van der Waals surface area (Å²) >= 11 is 6.03. The fraction of sp³-hybridized carbons (Fsp3) is 0.467. The first-order chi connectivity index (χ1) is 10.9. The van der Waals surface area contributed by atoms with Crippen LogP contribution < -0.4 is 0 Å². The molecule has 0 bridgehead atoms. The van der Waals surface area contributed by atoms with Crippen LogP contribution >= 0.6 is 11.6 Å². The maximum atomic E-state index is 12.7. The molecule has 124 valence electrons. The third-order valence-electron chi connectivity index (χ3n) is 3.57. The highest BCUT2D eigenvalue weighted by Gasteiger charge is 2.29. The van der Waals surface area contributed by atoms with Gasteiger partial charge in [0.15, 0.2) is 6.10 Å². The molecule has 2 rings (SSSR count). The summed E-state index contributed by atoms with van der Waals surface area (Å²) in [6, 6.07) is 5.72. The molecule has 1 aliphatic heterocycles. The number of nitrogens with zero attached hydrogens (tertiary/aromatic N) is 2. The van der Waals surface area contributed by atoms with Gasteiger partial charge >= 0.3 is 5.97 Å². The lowest BCUT2D eigenvalue weighted by molar-refractivity contribution is 0.0435. The molecular weight excluding hydrogens is 340 g/mol. The molecule has 6 nitrogen and oxygen atoms in total. The van der Waals surface area contributed by atoms with Crippen LogP contribution in [0.5, 0.6) is 0 Å². The van der Waals surface area contributed by atoms with Gasteiger partial charge in [-0.1, -0.05) is 18.0 Å². The molecule has 8 heteroatoms. The molecule has 1 aliphatic rings. The molecule has 1 aromatic rings. The molecule has 1 heterocycles. The van der Waals surface area contributed by atoms with Crippen LogP contribution in [-0.4, -0.2) is 37.9 Å². The summed E-state index contributed by atoms with van der Waals surface area (Å²) in [6.07, 6.45) is 1.69. The van der Waals surface area contributed by atoms with Crippen molar-refractivity contribution >= 4 is 27.6 Å². The number of sulfonamides is 1. The molecule has 0 aliphatic carbocycles. The van der Waals surface area contributed by atoms with E-state index in [0.29, 0.717) is 13.1 Å². The first kappa shape index (κ1) is 17.7. The van der Waals surface area contributed by atoms with Crippen molar-refractivity contribution in [2.24, 2.45) is 0 Å². The number of halogens is 1. The van der Waals surface area contributed by atoms with Gasteiger partial charge in [0, 0.05) is 13.1 Å². The average Bonchev–Trinajstić information content (AvgIpc) is 2.55. The number of hydrogen-bond acceptors (Lipinski definition) is 5. The van der Waals surface area contributed by atoms with Gasteiger partial charge in [-0.3, -0.25) is 0 Å². The van der Waals surface area contributed by atoms with Crippen molar-refractivity contribution in [1.82, 2.24) is 4.31 Å². The number of benzene rings is 1. The Bertz CT molecular complexity index is 736. The number of piperidine rings is 1. The standard InChI is InChI=1S/C15H17ClN2O4S/c1-11(10-17)22-15(19)12-5-6-13(16)14(9-12)23(20,21)18-7-3-2-4-8-18/h5-6,9,11H,2-4,7-8H2,1H3/t11-/m1/s1. The Hall–Kier alpha value is -1.62. The second kappa shape index (κ2) is 7.30. The van der Waals surface area contributed by atoms with Gasteiger partial charge in [0.25, 0.3) is 0 Å². The number of ether oxygens (including phenoxy) is 1. The minimum Gasteiger partial charge on any atom is -0.444 e. The number of carbonyl (C=O) groups is 1. The maximum Gasteiger partial charge on any atom is 0.339 e. The molecule has 1 atom stereocenters. The molecule has 0 radical (unpaired) electrons. The molecule has 0 aromatic heterocycles. The number of rotatable bonds is 4. The van der Waals surface area contributed by atoms with E-state index >= 15 is 0 Å². The molecule has 0 unspecified atom stereocenters. The van der Waals surface area contributed by atoms with Crippen molar-refractivity contribution in [3.8, 4) is 6.07 Å². The van der Waals surface area contributed by atoms with Gasteiger partial charge < -0.3 is 4.74 Å². The summed E-state index contributed by atoms with van der Waals surface area (Å²) in [5, 5.41) is 8.73. The molecule has 1 fully saturated rings. The molecular formula is C15H17ClN2O4S. The van der Waals surface area contributed by atoms with Crippen molar-refractivity contribution in [2.75, 3.05) is 13.1 Å². The Labute approximate surface area is 140 Å². The Morgan fingerprint density at radius 2 is 2.00 bits per heavy atom. The molecule has 0 N–H and O–H groups in total. The van der Waals surface area contributed by atoms with Crippen LogP contribution in [-0.2, 0) is 14.8 Å². The summed E-state index contributed by atoms with van der Waals surface area (Å²) in [6.45, 7) is 2.32. The zero-order chi connectivity index (χ0) is 17.0. The average molecular weight is 357 g/mol. The minimum atomic E-state index is -3.75. The first-order valence-electron chi connectivity index (χ1n) is 7.26. The van der Waals surface area contributed by atoms with E-state index in [4.69, 9.17) is 21.6 Å². The minimum absolute atomic E-state index is 0.0482. The second-order valence-corrected chi connectivity index (χ2v) is 7.60. The number of carbonyl (C=O) groups excluding carboxylic acids is 1. The van der Waals surface area contributed by atoms with E-state index in [9.17, 15) is 13.2 Å². The fourth-order valence-corrected chi connectivity index (χ4v) is 4.34. The van der Waals surface area contributed by atoms with Crippen LogP contribution in [0.1, 0.15) is 36.5 Å². The Balaban J connectivity index is 2.33. The third-order valence-corrected chi connectivity index (χ3v) is 5.95. The van der Waals surface area contributed by atoms with Gasteiger partial charge in [0.2, 0.25) is 10.0 Å². The van der Waals surface area contributed by atoms with Gasteiger partial charge in [-0.15, -0.1) is 0 Å². The van der Waals surface area contributed by atoms with Crippen molar-refractivity contribution in [1.29, 1.82) is 5.26 Å². The quantitative estimate of drug-likeness (QED) is 0.774. The normalized spacial score (nSPS) is 17.3. The molecule has 0 spiro atoms. The fourth-order valence-electron chi connectivity index (χ4n) is 2.33. The summed E-state index contributed by atoms with van der Waals surface area (Å²) in [7, 11) is -3.75. The lowest BCUT2D eigenvalue weighted by atomic mass is 10.2. The van der Waals surface area contributed by atoms with E-state index in [0.717, 1.165) is 19.3 Å². The van der Waals surface area contributed by atoms with Crippen LogP contribution in [0.3, 0.4) is 0 Å². The van der Waals surface area contributed by atoms with Crippen LogP contribution in [0.15, 0.2) is 23.1 Å². The highest BCUT2D eigenvalue weighted by Crippen LogP contribution is 2.28. The van der Waals surface area contributed by atoms with E-state index in [2.05, 4.69) is 0 Å². The van der Waals surface area contributed by atoms with E-state index in [1.165, 1.54) is 29.4 Å². The van der Waals surface area contributed by atoms with Crippen LogP contribution in [0, 0.1) is 11.3 Å². The van der Waals surface area contributed by atoms with E-state index in [-0.39, 0.29) is 15.5 Å². The Morgan fingerprint density at radius 3 is 2.61 bits per heavy atom. The highest BCUT2D eigenvalue weighted by molar-refractivity contribution is 7.89.